The second-order valence-corrected chi connectivity index (χ2v) is 18.5. The third-order valence-corrected chi connectivity index (χ3v) is 11.8. The van der Waals surface area contributed by atoms with E-state index in [1.165, 1.54) is 89.9 Å². The Morgan fingerprint density at radius 1 is 0.304 bits per heavy atom. The SMILES string of the molecule is CC/C=C\C/C=C\C/C=C\C/C=C\C/C=C\C/C=C\C/C=C\CCCC(=O)OCC(COC(=O)CCCCCCCCCCCCCCC)OC(=O)CCCCCCC/C=C\C/C=C\CCCCC. The molecule has 6 nitrogen and oxygen atoms in total. The molecule has 0 rings (SSSR count). The molecule has 392 valence electrons. The monoisotopic (exact) mass is 957 g/mol. The summed E-state index contributed by atoms with van der Waals surface area (Å²) in [4.78, 5) is 38.1. The van der Waals surface area contributed by atoms with Gasteiger partial charge in [0.25, 0.3) is 0 Å². The van der Waals surface area contributed by atoms with Crippen LogP contribution in [0.5, 0.6) is 0 Å². The number of ether oxygens (including phenoxy) is 3. The lowest BCUT2D eigenvalue weighted by atomic mass is 10.0. The van der Waals surface area contributed by atoms with Crippen LogP contribution in [0.4, 0.5) is 0 Å². The number of esters is 3. The molecule has 0 bridgehead atoms. The van der Waals surface area contributed by atoms with Gasteiger partial charge in [-0.1, -0.05) is 239 Å². The third kappa shape index (κ3) is 54.9. The average Bonchev–Trinajstić information content (AvgIpc) is 3.35. The normalized spacial score (nSPS) is 12.9. The smallest absolute Gasteiger partial charge is 0.306 e. The van der Waals surface area contributed by atoms with Crippen molar-refractivity contribution in [3.8, 4) is 0 Å². The molecule has 0 aromatic carbocycles. The van der Waals surface area contributed by atoms with Gasteiger partial charge in [-0.3, -0.25) is 14.4 Å². The van der Waals surface area contributed by atoms with Crippen LogP contribution in [0, 0.1) is 0 Å². The summed E-state index contributed by atoms with van der Waals surface area (Å²) in [7, 11) is 0. The highest BCUT2D eigenvalue weighted by Crippen LogP contribution is 2.14. The van der Waals surface area contributed by atoms with Crippen LogP contribution < -0.4 is 0 Å². The molecule has 0 saturated heterocycles. The Balaban J connectivity index is 4.48. The second-order valence-electron chi connectivity index (χ2n) is 18.5. The van der Waals surface area contributed by atoms with E-state index in [2.05, 4.69) is 130 Å². The van der Waals surface area contributed by atoms with Crippen LogP contribution in [0.15, 0.2) is 109 Å². The van der Waals surface area contributed by atoms with E-state index in [9.17, 15) is 14.4 Å². The highest BCUT2D eigenvalue weighted by atomic mass is 16.6. The van der Waals surface area contributed by atoms with E-state index in [-0.39, 0.29) is 37.5 Å². The van der Waals surface area contributed by atoms with E-state index in [0.717, 1.165) is 116 Å². The molecule has 0 aromatic heterocycles. The summed E-state index contributed by atoms with van der Waals surface area (Å²) in [5, 5.41) is 0. The zero-order valence-corrected chi connectivity index (χ0v) is 44.8. The third-order valence-electron chi connectivity index (χ3n) is 11.8. The standard InChI is InChI=1S/C63H104O6/c1-4-7-10-13-16-19-22-25-27-28-29-30-31-32-33-34-36-38-41-44-47-50-53-56-62(65)68-59-60(58-67-61(64)55-52-49-46-43-40-37-24-21-18-15-12-9-6-3)69-63(66)57-54-51-48-45-42-39-35-26-23-20-17-14-11-8-5-2/h7,10,16-17,19-20,25-27,29-30,32-33,35-36,38,44,47,60H,4-6,8-9,11-15,18,21-24,28,31,34,37,39-43,45-46,48-59H2,1-3H3/b10-7-,19-16-,20-17-,27-25-,30-29-,33-32-,35-26-,38-36-,47-44-. The van der Waals surface area contributed by atoms with Crippen LogP contribution in [0.3, 0.4) is 0 Å². The minimum absolute atomic E-state index is 0.101. The van der Waals surface area contributed by atoms with Crippen LogP contribution in [0.1, 0.15) is 252 Å². The van der Waals surface area contributed by atoms with Crippen molar-refractivity contribution in [1.29, 1.82) is 0 Å². The molecule has 0 fully saturated rings. The van der Waals surface area contributed by atoms with Crippen molar-refractivity contribution < 1.29 is 28.6 Å². The Labute approximate surface area is 425 Å². The second kappa shape index (κ2) is 56.7. The number of allylic oxidation sites excluding steroid dienone is 18. The van der Waals surface area contributed by atoms with Crippen LogP contribution in [-0.4, -0.2) is 37.2 Å². The van der Waals surface area contributed by atoms with Crippen LogP contribution in [0.25, 0.3) is 0 Å². The molecule has 0 aromatic rings. The van der Waals surface area contributed by atoms with Crippen molar-refractivity contribution in [3.63, 3.8) is 0 Å². The zero-order chi connectivity index (χ0) is 50.0. The van der Waals surface area contributed by atoms with Crippen molar-refractivity contribution in [3.05, 3.63) is 109 Å². The molecule has 69 heavy (non-hydrogen) atoms. The molecule has 1 unspecified atom stereocenters. The summed E-state index contributed by atoms with van der Waals surface area (Å²) in [5.41, 5.74) is 0. The van der Waals surface area contributed by atoms with Crippen molar-refractivity contribution in [2.75, 3.05) is 13.2 Å². The molecular formula is C63H104O6. The van der Waals surface area contributed by atoms with Gasteiger partial charge >= 0.3 is 17.9 Å². The molecule has 0 radical (unpaired) electrons. The largest absolute Gasteiger partial charge is 0.462 e. The minimum Gasteiger partial charge on any atom is -0.462 e. The van der Waals surface area contributed by atoms with Crippen LogP contribution in [0.2, 0.25) is 0 Å². The van der Waals surface area contributed by atoms with Gasteiger partial charge in [0.15, 0.2) is 6.10 Å². The quantitative estimate of drug-likeness (QED) is 0.0262. The summed E-state index contributed by atoms with van der Waals surface area (Å²) in [6.45, 7) is 6.44. The molecule has 0 N–H and O–H groups in total. The van der Waals surface area contributed by atoms with Crippen LogP contribution >= 0.6 is 0 Å². The van der Waals surface area contributed by atoms with E-state index in [1.807, 2.05) is 0 Å². The Morgan fingerprint density at radius 2 is 0.580 bits per heavy atom. The summed E-state index contributed by atoms with van der Waals surface area (Å²) in [6.07, 6.45) is 76.5. The van der Waals surface area contributed by atoms with E-state index >= 15 is 0 Å². The first-order valence-corrected chi connectivity index (χ1v) is 28.4. The lowest BCUT2D eigenvalue weighted by Gasteiger charge is -2.18. The summed E-state index contributed by atoms with van der Waals surface area (Å²) >= 11 is 0. The summed E-state index contributed by atoms with van der Waals surface area (Å²) < 4.78 is 16.8. The molecule has 0 aliphatic rings. The number of unbranched alkanes of at least 4 members (excludes halogenated alkanes) is 21. The minimum atomic E-state index is -0.809. The van der Waals surface area contributed by atoms with Gasteiger partial charge < -0.3 is 14.2 Å². The van der Waals surface area contributed by atoms with Crippen molar-refractivity contribution in [2.24, 2.45) is 0 Å². The van der Waals surface area contributed by atoms with E-state index in [0.29, 0.717) is 19.3 Å². The van der Waals surface area contributed by atoms with Gasteiger partial charge in [-0.2, -0.15) is 0 Å². The Bertz CT molecular complexity index is 1420. The average molecular weight is 958 g/mol. The molecule has 0 heterocycles. The maximum atomic E-state index is 12.8. The fraction of sp³-hybridized carbons (Fsp3) is 0.667. The number of carbonyl (C=O) groups excluding carboxylic acids is 3. The molecule has 0 aliphatic carbocycles. The fourth-order valence-corrected chi connectivity index (χ4v) is 7.52. The van der Waals surface area contributed by atoms with Gasteiger partial charge in [0.05, 0.1) is 0 Å². The fourth-order valence-electron chi connectivity index (χ4n) is 7.52. The van der Waals surface area contributed by atoms with Gasteiger partial charge in [-0.15, -0.1) is 0 Å². The number of hydrogen-bond acceptors (Lipinski definition) is 6. The molecule has 0 saturated carbocycles. The maximum absolute atomic E-state index is 12.8. The van der Waals surface area contributed by atoms with Crippen molar-refractivity contribution >= 4 is 17.9 Å². The first kappa shape index (κ1) is 65.1. The van der Waals surface area contributed by atoms with Crippen molar-refractivity contribution in [2.45, 2.75) is 258 Å². The predicted octanol–water partition coefficient (Wildman–Crippen LogP) is 19.1. The lowest BCUT2D eigenvalue weighted by molar-refractivity contribution is -0.167. The van der Waals surface area contributed by atoms with E-state index in [4.69, 9.17) is 14.2 Å². The topological polar surface area (TPSA) is 78.9 Å². The molecule has 1 atom stereocenters. The molecule has 0 aliphatic heterocycles. The van der Waals surface area contributed by atoms with Crippen molar-refractivity contribution in [1.82, 2.24) is 0 Å². The number of hydrogen-bond donors (Lipinski definition) is 0. The molecule has 0 amide bonds. The van der Waals surface area contributed by atoms with Gasteiger partial charge in [0.1, 0.15) is 13.2 Å². The number of rotatable bonds is 50. The van der Waals surface area contributed by atoms with Gasteiger partial charge in [0, 0.05) is 19.3 Å². The highest BCUT2D eigenvalue weighted by Gasteiger charge is 2.19. The van der Waals surface area contributed by atoms with Gasteiger partial charge in [-0.05, 0) is 103 Å². The first-order chi connectivity index (χ1) is 34.0. The maximum Gasteiger partial charge on any atom is 0.306 e. The number of carbonyl (C=O) groups is 3. The molecule has 0 spiro atoms. The van der Waals surface area contributed by atoms with Gasteiger partial charge in [0.2, 0.25) is 0 Å². The Morgan fingerprint density at radius 3 is 0.971 bits per heavy atom. The Kier molecular flexibility index (Phi) is 53.4. The predicted molar refractivity (Wildman–Crippen MR) is 297 cm³/mol. The van der Waals surface area contributed by atoms with E-state index in [1.54, 1.807) is 0 Å². The highest BCUT2D eigenvalue weighted by molar-refractivity contribution is 5.71. The summed E-state index contributed by atoms with van der Waals surface area (Å²) in [5.74, 6) is -0.977. The van der Waals surface area contributed by atoms with Gasteiger partial charge in [-0.25, -0.2) is 0 Å². The van der Waals surface area contributed by atoms with E-state index < -0.39 is 6.10 Å². The molecule has 6 heteroatoms. The zero-order valence-electron chi connectivity index (χ0n) is 44.8. The Hall–Kier alpha value is -3.93. The molecular weight excluding hydrogens is 853 g/mol. The van der Waals surface area contributed by atoms with Crippen LogP contribution in [-0.2, 0) is 28.6 Å². The first-order valence-electron chi connectivity index (χ1n) is 28.4. The lowest BCUT2D eigenvalue weighted by Crippen LogP contribution is -2.30. The summed E-state index contributed by atoms with van der Waals surface area (Å²) in [6, 6.07) is 0.